The summed E-state index contributed by atoms with van der Waals surface area (Å²) in [6, 6.07) is 11.2. The minimum absolute atomic E-state index is 0.0995. The summed E-state index contributed by atoms with van der Waals surface area (Å²) in [5.74, 6) is -1.25. The van der Waals surface area contributed by atoms with Crippen LogP contribution in [0.5, 0.6) is 5.75 Å². The van der Waals surface area contributed by atoms with Gasteiger partial charge in [-0.15, -0.1) is 0 Å². The van der Waals surface area contributed by atoms with Gasteiger partial charge in [0.2, 0.25) is 0 Å². The number of phenols is 1. The van der Waals surface area contributed by atoms with Crippen molar-refractivity contribution >= 4 is 5.91 Å². The molecule has 0 aliphatic carbocycles. The summed E-state index contributed by atoms with van der Waals surface area (Å²) in [6.45, 7) is 2.41. The van der Waals surface area contributed by atoms with E-state index < -0.39 is 5.82 Å². The number of carbonyl (C=O) groups excluding carboxylic acids is 1. The quantitative estimate of drug-likeness (QED) is 0.933. The molecule has 2 rings (SSSR count). The Morgan fingerprint density at radius 1 is 1.25 bits per heavy atom. The molecule has 0 heterocycles. The van der Waals surface area contributed by atoms with Gasteiger partial charge in [0, 0.05) is 19.7 Å². The largest absolute Gasteiger partial charge is 0.507 e. The average molecular weight is 273 g/mol. The summed E-state index contributed by atoms with van der Waals surface area (Å²) < 4.78 is 12.9. The molecule has 3 nitrogen and oxygen atoms in total. The maximum Gasteiger partial charge on any atom is 0.257 e. The van der Waals surface area contributed by atoms with E-state index in [4.69, 9.17) is 0 Å². The fraction of sp³-hybridized carbons (Fsp3) is 0.188. The number of benzene rings is 2. The highest BCUT2D eigenvalue weighted by atomic mass is 19.1. The van der Waals surface area contributed by atoms with Gasteiger partial charge in [0.1, 0.15) is 11.6 Å². The summed E-state index contributed by atoms with van der Waals surface area (Å²) in [6.07, 6.45) is 0. The SMILES string of the molecule is Cc1ccccc1CN(C)C(=O)c1ccc(F)cc1O. The van der Waals surface area contributed by atoms with Gasteiger partial charge in [-0.25, -0.2) is 4.39 Å². The summed E-state index contributed by atoms with van der Waals surface area (Å²) in [5.41, 5.74) is 2.22. The first kappa shape index (κ1) is 14.1. The van der Waals surface area contributed by atoms with E-state index in [2.05, 4.69) is 0 Å². The minimum atomic E-state index is -0.569. The molecule has 0 aliphatic heterocycles. The third-order valence-corrected chi connectivity index (χ3v) is 3.21. The summed E-state index contributed by atoms with van der Waals surface area (Å²) in [4.78, 5) is 13.7. The predicted molar refractivity (Wildman–Crippen MR) is 75.0 cm³/mol. The molecule has 0 unspecified atom stereocenters. The first-order valence-electron chi connectivity index (χ1n) is 6.27. The maximum absolute atomic E-state index is 12.9. The van der Waals surface area contributed by atoms with E-state index in [1.54, 1.807) is 7.05 Å². The number of halogens is 1. The van der Waals surface area contributed by atoms with Crippen LogP contribution in [0.25, 0.3) is 0 Å². The van der Waals surface area contributed by atoms with E-state index >= 15 is 0 Å². The molecule has 0 atom stereocenters. The zero-order valence-corrected chi connectivity index (χ0v) is 11.4. The van der Waals surface area contributed by atoms with Gasteiger partial charge in [-0.1, -0.05) is 24.3 Å². The molecule has 0 spiro atoms. The maximum atomic E-state index is 12.9. The molecule has 2 aromatic carbocycles. The number of aryl methyl sites for hydroxylation is 1. The van der Waals surface area contributed by atoms with Gasteiger partial charge >= 0.3 is 0 Å². The molecule has 1 N–H and O–H groups in total. The monoisotopic (exact) mass is 273 g/mol. The lowest BCUT2D eigenvalue weighted by Crippen LogP contribution is -2.26. The molecule has 0 bridgehead atoms. The van der Waals surface area contributed by atoms with Crippen molar-refractivity contribution in [1.29, 1.82) is 0 Å². The third kappa shape index (κ3) is 2.96. The Kier molecular flexibility index (Phi) is 4.03. The lowest BCUT2D eigenvalue weighted by Gasteiger charge is -2.19. The van der Waals surface area contributed by atoms with Crippen molar-refractivity contribution in [3.8, 4) is 5.75 Å². The fourth-order valence-electron chi connectivity index (χ4n) is 2.01. The standard InChI is InChI=1S/C16H16FNO2/c1-11-5-3-4-6-12(11)10-18(2)16(20)14-8-7-13(17)9-15(14)19/h3-9,19H,10H2,1-2H3. The van der Waals surface area contributed by atoms with Crippen LogP contribution < -0.4 is 0 Å². The molecule has 0 fully saturated rings. The highest BCUT2D eigenvalue weighted by molar-refractivity contribution is 5.96. The first-order valence-corrected chi connectivity index (χ1v) is 6.27. The van der Waals surface area contributed by atoms with Crippen molar-refractivity contribution in [2.24, 2.45) is 0 Å². The fourth-order valence-corrected chi connectivity index (χ4v) is 2.01. The summed E-state index contributed by atoms with van der Waals surface area (Å²) in [5, 5.41) is 9.64. The van der Waals surface area contributed by atoms with Crippen molar-refractivity contribution in [3.63, 3.8) is 0 Å². The molecule has 1 amide bonds. The van der Waals surface area contributed by atoms with Gasteiger partial charge in [-0.2, -0.15) is 0 Å². The second kappa shape index (κ2) is 5.74. The van der Waals surface area contributed by atoms with Crippen LogP contribution in [-0.4, -0.2) is 23.0 Å². The lowest BCUT2D eigenvalue weighted by atomic mass is 10.1. The topological polar surface area (TPSA) is 40.5 Å². The molecule has 0 radical (unpaired) electrons. The van der Waals surface area contributed by atoms with Crippen LogP contribution in [0, 0.1) is 12.7 Å². The number of phenolic OH excluding ortho intramolecular Hbond substituents is 1. The van der Waals surface area contributed by atoms with E-state index in [1.165, 1.54) is 11.0 Å². The number of hydrogen-bond donors (Lipinski definition) is 1. The molecule has 20 heavy (non-hydrogen) atoms. The van der Waals surface area contributed by atoms with E-state index in [0.717, 1.165) is 23.3 Å². The van der Waals surface area contributed by atoms with Gasteiger partial charge in [0.15, 0.2) is 0 Å². The number of carbonyl (C=O) groups is 1. The van der Waals surface area contributed by atoms with Gasteiger partial charge in [-0.3, -0.25) is 4.79 Å². The molecule has 0 aromatic heterocycles. The van der Waals surface area contributed by atoms with E-state index in [0.29, 0.717) is 6.54 Å². The Morgan fingerprint density at radius 3 is 2.60 bits per heavy atom. The first-order chi connectivity index (χ1) is 9.49. The van der Waals surface area contributed by atoms with Crippen molar-refractivity contribution in [1.82, 2.24) is 4.90 Å². The number of rotatable bonds is 3. The van der Waals surface area contributed by atoms with Crippen LogP contribution in [0.15, 0.2) is 42.5 Å². The van der Waals surface area contributed by atoms with Gasteiger partial charge < -0.3 is 10.0 Å². The average Bonchev–Trinajstić information content (AvgIpc) is 2.40. The van der Waals surface area contributed by atoms with Gasteiger partial charge in [-0.05, 0) is 30.2 Å². The van der Waals surface area contributed by atoms with Gasteiger partial charge in [0.25, 0.3) is 5.91 Å². The lowest BCUT2D eigenvalue weighted by molar-refractivity contribution is 0.0782. The highest BCUT2D eigenvalue weighted by Crippen LogP contribution is 2.20. The Morgan fingerprint density at radius 2 is 1.95 bits per heavy atom. The molecule has 0 saturated heterocycles. The minimum Gasteiger partial charge on any atom is -0.507 e. The van der Waals surface area contributed by atoms with Crippen LogP contribution in [0.3, 0.4) is 0 Å². The molecule has 4 heteroatoms. The molecule has 104 valence electrons. The number of aromatic hydroxyl groups is 1. The predicted octanol–water partition coefficient (Wildman–Crippen LogP) is 3.11. The van der Waals surface area contributed by atoms with Crippen LogP contribution in [0.4, 0.5) is 4.39 Å². The van der Waals surface area contributed by atoms with Gasteiger partial charge in [0.05, 0.1) is 5.56 Å². The molecular formula is C16H16FNO2. The van der Waals surface area contributed by atoms with E-state index in [9.17, 15) is 14.3 Å². The molecule has 0 saturated carbocycles. The van der Waals surface area contributed by atoms with Crippen LogP contribution in [0.1, 0.15) is 21.5 Å². The van der Waals surface area contributed by atoms with Crippen molar-refractivity contribution in [3.05, 3.63) is 65.0 Å². The Hall–Kier alpha value is -2.36. The second-order valence-corrected chi connectivity index (χ2v) is 4.75. The highest BCUT2D eigenvalue weighted by Gasteiger charge is 2.16. The van der Waals surface area contributed by atoms with E-state index in [1.807, 2.05) is 31.2 Å². The van der Waals surface area contributed by atoms with Crippen molar-refractivity contribution in [2.45, 2.75) is 13.5 Å². The Labute approximate surface area is 117 Å². The zero-order valence-electron chi connectivity index (χ0n) is 11.4. The van der Waals surface area contributed by atoms with Crippen LogP contribution in [-0.2, 0) is 6.54 Å². The number of amides is 1. The summed E-state index contributed by atoms with van der Waals surface area (Å²) >= 11 is 0. The third-order valence-electron chi connectivity index (χ3n) is 3.21. The van der Waals surface area contributed by atoms with Crippen LogP contribution in [0.2, 0.25) is 0 Å². The number of nitrogens with zero attached hydrogens (tertiary/aromatic N) is 1. The normalized spacial score (nSPS) is 10.3. The summed E-state index contributed by atoms with van der Waals surface area (Å²) in [7, 11) is 1.65. The Bertz CT molecular complexity index is 640. The van der Waals surface area contributed by atoms with E-state index in [-0.39, 0.29) is 17.2 Å². The molecule has 2 aromatic rings. The van der Waals surface area contributed by atoms with Crippen LogP contribution >= 0.6 is 0 Å². The zero-order chi connectivity index (χ0) is 14.7. The smallest absolute Gasteiger partial charge is 0.257 e. The number of hydrogen-bond acceptors (Lipinski definition) is 2. The molecule has 0 aliphatic rings. The molecular weight excluding hydrogens is 257 g/mol. The second-order valence-electron chi connectivity index (χ2n) is 4.75. The van der Waals surface area contributed by atoms with Crippen molar-refractivity contribution in [2.75, 3.05) is 7.05 Å². The Balaban J connectivity index is 2.19. The van der Waals surface area contributed by atoms with Crippen molar-refractivity contribution < 1.29 is 14.3 Å².